The number of benzene rings is 1. The minimum Gasteiger partial charge on any atom is -0.502 e. The highest BCUT2D eigenvalue weighted by Gasteiger charge is 2.43. The summed E-state index contributed by atoms with van der Waals surface area (Å²) in [5.74, 6) is -1.14. The third-order valence-electron chi connectivity index (χ3n) is 3.78. The summed E-state index contributed by atoms with van der Waals surface area (Å²) in [5.41, 5.74) is -0.00192. The molecule has 1 fully saturated rings. The van der Waals surface area contributed by atoms with Crippen LogP contribution in [0.25, 0.3) is 0 Å². The van der Waals surface area contributed by atoms with Crippen LogP contribution < -0.4 is 9.47 Å². The van der Waals surface area contributed by atoms with Crippen molar-refractivity contribution in [2.24, 2.45) is 0 Å². The first-order valence-corrected chi connectivity index (χ1v) is 7.30. The van der Waals surface area contributed by atoms with E-state index in [2.05, 4.69) is 0 Å². The van der Waals surface area contributed by atoms with Crippen molar-refractivity contribution in [2.75, 3.05) is 20.8 Å². The van der Waals surface area contributed by atoms with E-state index in [0.29, 0.717) is 0 Å². The van der Waals surface area contributed by atoms with Gasteiger partial charge in [-0.1, -0.05) is 0 Å². The molecule has 10 nitrogen and oxygen atoms in total. The van der Waals surface area contributed by atoms with Gasteiger partial charge in [0, 0.05) is 0 Å². The summed E-state index contributed by atoms with van der Waals surface area (Å²) in [6.45, 7) is -0.494. The molecule has 140 valence electrons. The number of phenolic OH excluding ortho intramolecular Hbond substituents is 1. The lowest BCUT2D eigenvalue weighted by Gasteiger charge is -2.37. The molecule has 25 heavy (non-hydrogen) atoms. The van der Waals surface area contributed by atoms with Gasteiger partial charge in [0.15, 0.2) is 17.8 Å². The van der Waals surface area contributed by atoms with Crippen LogP contribution in [0.3, 0.4) is 0 Å². The number of aromatic hydroxyl groups is 1. The van der Waals surface area contributed by atoms with Gasteiger partial charge in [-0.2, -0.15) is 0 Å². The molecular formula is C15H20O10. The monoisotopic (exact) mass is 360 g/mol. The number of hydrogen-bond donors (Lipinski definition) is 5. The Bertz CT molecular complexity index is 593. The second kappa shape index (κ2) is 7.85. The number of aliphatic hydroxyl groups is 4. The van der Waals surface area contributed by atoms with Crippen LogP contribution >= 0.6 is 0 Å². The maximum atomic E-state index is 12.1. The predicted molar refractivity (Wildman–Crippen MR) is 80.4 cm³/mol. The Morgan fingerprint density at radius 3 is 2.12 bits per heavy atom. The fourth-order valence-electron chi connectivity index (χ4n) is 2.32. The third-order valence-corrected chi connectivity index (χ3v) is 3.78. The van der Waals surface area contributed by atoms with Crippen LogP contribution in [0.1, 0.15) is 10.4 Å². The Balaban J connectivity index is 2.08. The quantitative estimate of drug-likeness (QED) is 0.386. The Morgan fingerprint density at radius 1 is 1.04 bits per heavy atom. The van der Waals surface area contributed by atoms with Crippen LogP contribution in [0.15, 0.2) is 12.1 Å². The summed E-state index contributed by atoms with van der Waals surface area (Å²) >= 11 is 0. The number of carbonyl (C=O) groups is 1. The molecule has 5 atom stereocenters. The van der Waals surface area contributed by atoms with E-state index in [4.69, 9.17) is 18.9 Å². The van der Waals surface area contributed by atoms with Crippen LogP contribution in [-0.4, -0.2) is 83.0 Å². The lowest BCUT2D eigenvalue weighted by molar-refractivity contribution is -0.286. The van der Waals surface area contributed by atoms with Gasteiger partial charge >= 0.3 is 5.97 Å². The minimum atomic E-state index is -1.73. The van der Waals surface area contributed by atoms with Crippen LogP contribution in [-0.2, 0) is 9.47 Å². The number of ether oxygens (including phenoxy) is 4. The SMILES string of the molecule is COc1cc(C(=O)OC[C@H]2OC(O)[C@H](O)[C@@H](O)[C@@H]2O)cc(OC)c1O. The average Bonchev–Trinajstić information content (AvgIpc) is 2.61. The Kier molecular flexibility index (Phi) is 6.03. The van der Waals surface area contributed by atoms with E-state index in [-0.39, 0.29) is 22.8 Å². The smallest absolute Gasteiger partial charge is 0.338 e. The number of aliphatic hydroxyl groups excluding tert-OH is 4. The largest absolute Gasteiger partial charge is 0.502 e. The van der Waals surface area contributed by atoms with E-state index in [1.54, 1.807) is 0 Å². The second-order valence-corrected chi connectivity index (χ2v) is 5.36. The first-order chi connectivity index (χ1) is 11.8. The maximum absolute atomic E-state index is 12.1. The maximum Gasteiger partial charge on any atom is 0.338 e. The predicted octanol–water partition coefficient (Wildman–Crippen LogP) is -1.63. The van der Waals surface area contributed by atoms with Gasteiger partial charge in [-0.05, 0) is 12.1 Å². The number of esters is 1. The fourth-order valence-corrected chi connectivity index (χ4v) is 2.32. The van der Waals surface area contributed by atoms with Crippen molar-refractivity contribution in [1.29, 1.82) is 0 Å². The molecule has 1 aliphatic heterocycles. The van der Waals surface area contributed by atoms with Crippen LogP contribution in [0.4, 0.5) is 0 Å². The van der Waals surface area contributed by atoms with E-state index < -0.39 is 43.3 Å². The van der Waals surface area contributed by atoms with Crippen molar-refractivity contribution in [3.63, 3.8) is 0 Å². The van der Waals surface area contributed by atoms with Gasteiger partial charge in [0.25, 0.3) is 0 Å². The highest BCUT2D eigenvalue weighted by Crippen LogP contribution is 2.37. The van der Waals surface area contributed by atoms with E-state index in [0.717, 1.165) is 0 Å². The van der Waals surface area contributed by atoms with E-state index in [9.17, 15) is 30.3 Å². The minimum absolute atomic E-state index is 0.00192. The van der Waals surface area contributed by atoms with Crippen molar-refractivity contribution in [3.05, 3.63) is 17.7 Å². The zero-order valence-corrected chi connectivity index (χ0v) is 13.5. The highest BCUT2D eigenvalue weighted by molar-refractivity contribution is 5.91. The third kappa shape index (κ3) is 3.94. The Labute approximate surface area is 142 Å². The van der Waals surface area contributed by atoms with E-state index in [1.165, 1.54) is 26.4 Å². The van der Waals surface area contributed by atoms with E-state index in [1.807, 2.05) is 0 Å². The molecule has 0 radical (unpaired) electrons. The molecule has 1 heterocycles. The summed E-state index contributed by atoms with van der Waals surface area (Å²) in [7, 11) is 2.59. The summed E-state index contributed by atoms with van der Waals surface area (Å²) < 4.78 is 19.8. The topological polar surface area (TPSA) is 155 Å². The van der Waals surface area contributed by atoms with Gasteiger partial charge in [-0.25, -0.2) is 4.79 Å². The first-order valence-electron chi connectivity index (χ1n) is 7.30. The number of hydrogen-bond acceptors (Lipinski definition) is 10. The van der Waals surface area contributed by atoms with Crippen molar-refractivity contribution in [3.8, 4) is 17.2 Å². The average molecular weight is 360 g/mol. The van der Waals surface area contributed by atoms with Crippen molar-refractivity contribution >= 4 is 5.97 Å². The molecule has 1 aromatic carbocycles. The highest BCUT2D eigenvalue weighted by atomic mass is 16.6. The fraction of sp³-hybridized carbons (Fsp3) is 0.533. The summed E-state index contributed by atoms with van der Waals surface area (Å²) in [6, 6.07) is 2.46. The first kappa shape index (κ1) is 19.2. The molecule has 0 aromatic heterocycles. The van der Waals surface area contributed by atoms with Crippen molar-refractivity contribution in [1.82, 2.24) is 0 Å². The zero-order chi connectivity index (χ0) is 18.7. The summed E-state index contributed by atoms with van der Waals surface area (Å²) in [5, 5.41) is 48.0. The molecule has 5 N–H and O–H groups in total. The van der Waals surface area contributed by atoms with Crippen LogP contribution in [0.2, 0.25) is 0 Å². The molecular weight excluding hydrogens is 340 g/mol. The summed E-state index contributed by atoms with van der Waals surface area (Å²) in [6.07, 6.45) is -7.85. The normalized spacial score (nSPS) is 29.1. The van der Waals surface area contributed by atoms with E-state index >= 15 is 0 Å². The zero-order valence-electron chi connectivity index (χ0n) is 13.5. The van der Waals surface area contributed by atoms with Gasteiger partial charge in [-0.15, -0.1) is 0 Å². The lowest BCUT2D eigenvalue weighted by Crippen LogP contribution is -2.58. The molecule has 0 saturated carbocycles. The standard InChI is InChI=1S/C15H20O10/c1-22-7-3-6(4-8(23-2)10(7)16)14(20)24-5-9-11(17)12(18)13(19)15(21)25-9/h3-4,9,11-13,15-19,21H,5H2,1-2H3/t9-,11-,12+,13-,15?/m1/s1. The molecule has 1 aromatic rings. The van der Waals surface area contributed by atoms with Gasteiger partial charge in [0.05, 0.1) is 19.8 Å². The molecule has 0 spiro atoms. The van der Waals surface area contributed by atoms with Gasteiger partial charge in [-0.3, -0.25) is 0 Å². The molecule has 10 heteroatoms. The van der Waals surface area contributed by atoms with Crippen molar-refractivity contribution in [2.45, 2.75) is 30.7 Å². The molecule has 1 saturated heterocycles. The Hall–Kier alpha value is -2.11. The van der Waals surface area contributed by atoms with Crippen LogP contribution in [0, 0.1) is 0 Å². The number of carbonyl (C=O) groups excluding carboxylic acids is 1. The molecule has 1 unspecified atom stereocenters. The second-order valence-electron chi connectivity index (χ2n) is 5.36. The molecule has 2 rings (SSSR count). The lowest BCUT2D eigenvalue weighted by atomic mass is 9.99. The Morgan fingerprint density at radius 2 is 1.60 bits per heavy atom. The molecule has 0 amide bonds. The van der Waals surface area contributed by atoms with Gasteiger partial charge < -0.3 is 44.5 Å². The molecule has 0 bridgehead atoms. The number of rotatable bonds is 5. The van der Waals surface area contributed by atoms with Crippen LogP contribution in [0.5, 0.6) is 17.2 Å². The molecule has 0 aliphatic carbocycles. The van der Waals surface area contributed by atoms with Gasteiger partial charge in [0.2, 0.25) is 5.75 Å². The summed E-state index contributed by atoms with van der Waals surface area (Å²) in [4.78, 5) is 12.1. The number of phenols is 1. The number of methoxy groups -OCH3 is 2. The molecule has 1 aliphatic rings. The van der Waals surface area contributed by atoms with Crippen molar-refractivity contribution < 1.29 is 49.3 Å². The van der Waals surface area contributed by atoms with Gasteiger partial charge in [0.1, 0.15) is 31.0 Å².